The van der Waals surface area contributed by atoms with E-state index in [1.54, 1.807) is 18.2 Å². The molecular formula is C19H30NNaO5. The maximum Gasteiger partial charge on any atom is 1.00 e. The van der Waals surface area contributed by atoms with E-state index in [4.69, 9.17) is 14.6 Å². The molecule has 1 amide bonds. The van der Waals surface area contributed by atoms with E-state index in [-0.39, 0.29) is 41.2 Å². The minimum atomic E-state index is -1.08. The number of carbonyl (C=O) groups excluding carboxylic acids is 2. The number of ether oxygens (including phenoxy) is 1. The summed E-state index contributed by atoms with van der Waals surface area (Å²) in [6.07, 6.45) is 7.68. The normalized spacial score (nSPS) is 9.35. The van der Waals surface area contributed by atoms with Crippen LogP contribution in [0.3, 0.4) is 0 Å². The van der Waals surface area contributed by atoms with Crippen LogP contribution in [0.15, 0.2) is 18.2 Å². The fourth-order valence-corrected chi connectivity index (χ4v) is 2.19. The number of hydrogen-bond donors (Lipinski definition) is 2. The van der Waals surface area contributed by atoms with Crippen molar-refractivity contribution in [1.29, 1.82) is 0 Å². The van der Waals surface area contributed by atoms with Crippen LogP contribution in [-0.2, 0) is 16.1 Å². The second-order valence-corrected chi connectivity index (χ2v) is 5.79. The molecule has 1 rings (SSSR count). The van der Waals surface area contributed by atoms with E-state index in [0.717, 1.165) is 25.3 Å². The number of carboxylic acid groups (broad SMARTS) is 1. The maximum absolute atomic E-state index is 11.7. The molecule has 0 heterocycles. The quantitative estimate of drug-likeness (QED) is 0.425. The van der Waals surface area contributed by atoms with Crippen LogP contribution in [0.1, 0.15) is 64.4 Å². The molecular weight excluding hydrogens is 345 g/mol. The molecule has 0 saturated heterocycles. The van der Waals surface area contributed by atoms with Gasteiger partial charge in [-0.25, -0.2) is 0 Å². The fraction of sp³-hybridized carbons (Fsp3) is 0.579. The summed E-state index contributed by atoms with van der Waals surface area (Å²) in [6.45, 7) is 3.64. The smallest absolute Gasteiger partial charge is 0.550 e. The van der Waals surface area contributed by atoms with Gasteiger partial charge in [0.25, 0.3) is 0 Å². The molecule has 2 N–H and O–H groups in total. The summed E-state index contributed by atoms with van der Waals surface area (Å²) in [5.41, 5.74) is 0.918. The first-order chi connectivity index (χ1) is 11.9. The molecule has 26 heavy (non-hydrogen) atoms. The summed E-state index contributed by atoms with van der Waals surface area (Å²) in [5.74, 6) is -0.463. The summed E-state index contributed by atoms with van der Waals surface area (Å²) in [6, 6.07) is 5.09. The predicted molar refractivity (Wildman–Crippen MR) is 95.2 cm³/mol. The van der Waals surface area contributed by atoms with Crippen molar-refractivity contribution in [2.75, 3.05) is 7.11 Å². The summed E-state index contributed by atoms with van der Waals surface area (Å²) in [5, 5.41) is 21.3. The van der Waals surface area contributed by atoms with Crippen LogP contribution in [0.4, 0.5) is 0 Å². The third-order valence-corrected chi connectivity index (χ3v) is 3.49. The van der Waals surface area contributed by atoms with E-state index in [1.807, 2.05) is 0 Å². The van der Waals surface area contributed by atoms with Gasteiger partial charge in [0.15, 0.2) is 11.5 Å². The van der Waals surface area contributed by atoms with Crippen LogP contribution >= 0.6 is 0 Å². The van der Waals surface area contributed by atoms with Crippen LogP contribution in [0, 0.1) is 0 Å². The molecule has 0 aromatic heterocycles. The summed E-state index contributed by atoms with van der Waals surface area (Å²) >= 11 is 0. The number of unbranched alkanes of at least 4 members (excludes halogenated alkanes) is 5. The Morgan fingerprint density at radius 1 is 1.15 bits per heavy atom. The van der Waals surface area contributed by atoms with Crippen molar-refractivity contribution >= 4 is 11.9 Å². The topological polar surface area (TPSA) is 98.7 Å². The largest absolute Gasteiger partial charge is 1.00 e. The van der Waals surface area contributed by atoms with Gasteiger partial charge >= 0.3 is 29.6 Å². The predicted octanol–water partition coefficient (Wildman–Crippen LogP) is -0.472. The number of rotatable bonds is 10. The molecule has 1 aromatic rings. The van der Waals surface area contributed by atoms with Crippen molar-refractivity contribution in [3.63, 3.8) is 0 Å². The Kier molecular flexibility index (Phi) is 17.8. The molecule has 7 heteroatoms. The van der Waals surface area contributed by atoms with Crippen molar-refractivity contribution in [3.05, 3.63) is 23.8 Å². The van der Waals surface area contributed by atoms with E-state index >= 15 is 0 Å². The number of phenolic OH excluding ortho intramolecular Hbond substituents is 1. The molecule has 0 radical (unpaired) electrons. The summed E-state index contributed by atoms with van der Waals surface area (Å²) in [4.78, 5) is 20.6. The molecule has 0 unspecified atom stereocenters. The third kappa shape index (κ3) is 15.0. The average Bonchev–Trinajstić information content (AvgIpc) is 2.56. The minimum absolute atomic E-state index is 0. The minimum Gasteiger partial charge on any atom is -0.550 e. The Bertz CT molecular complexity index is 519. The van der Waals surface area contributed by atoms with Crippen LogP contribution in [-0.4, -0.2) is 24.1 Å². The third-order valence-electron chi connectivity index (χ3n) is 3.49. The van der Waals surface area contributed by atoms with Gasteiger partial charge in [-0.2, -0.15) is 0 Å². The van der Waals surface area contributed by atoms with E-state index in [9.17, 15) is 9.90 Å². The molecule has 0 aliphatic carbocycles. The SMILES string of the molecule is CC(=O)[O-].CCCCCCCCC(=O)NCc1ccc(O)c(OC)c1.[Na+]. The van der Waals surface area contributed by atoms with Crippen LogP contribution in [0.2, 0.25) is 0 Å². The van der Waals surface area contributed by atoms with Gasteiger partial charge in [-0.15, -0.1) is 0 Å². The number of phenols is 1. The molecule has 0 aliphatic rings. The fourth-order valence-electron chi connectivity index (χ4n) is 2.19. The maximum atomic E-state index is 11.7. The van der Waals surface area contributed by atoms with Crippen molar-refractivity contribution in [2.24, 2.45) is 0 Å². The number of nitrogens with one attached hydrogen (secondary N) is 1. The number of aliphatic carboxylic acids is 1. The van der Waals surface area contributed by atoms with Gasteiger partial charge in [-0.05, 0) is 31.0 Å². The molecule has 0 atom stereocenters. The Balaban J connectivity index is 0. The number of hydrogen-bond acceptors (Lipinski definition) is 5. The van der Waals surface area contributed by atoms with Crippen molar-refractivity contribution in [2.45, 2.75) is 65.3 Å². The van der Waals surface area contributed by atoms with Crippen LogP contribution in [0.25, 0.3) is 0 Å². The van der Waals surface area contributed by atoms with E-state index < -0.39 is 5.97 Å². The second-order valence-electron chi connectivity index (χ2n) is 5.79. The van der Waals surface area contributed by atoms with E-state index in [2.05, 4.69) is 12.2 Å². The van der Waals surface area contributed by atoms with Gasteiger partial charge in [0.05, 0.1) is 7.11 Å². The first-order valence-corrected chi connectivity index (χ1v) is 8.70. The molecule has 0 saturated carbocycles. The number of methoxy groups -OCH3 is 1. The molecule has 0 spiro atoms. The molecule has 1 aromatic carbocycles. The van der Waals surface area contributed by atoms with Gasteiger partial charge in [0.2, 0.25) is 5.91 Å². The van der Waals surface area contributed by atoms with Gasteiger partial charge < -0.3 is 25.1 Å². The van der Waals surface area contributed by atoms with Gasteiger partial charge in [-0.1, -0.05) is 45.1 Å². The Morgan fingerprint density at radius 3 is 2.31 bits per heavy atom. The van der Waals surface area contributed by atoms with Gasteiger partial charge in [-0.3, -0.25) is 4.79 Å². The Hall–Kier alpha value is -1.24. The van der Waals surface area contributed by atoms with Crippen LogP contribution in [0.5, 0.6) is 11.5 Å². The summed E-state index contributed by atoms with van der Waals surface area (Å²) < 4.78 is 5.04. The number of carbonyl (C=O) groups is 2. The Labute approximate surface area is 178 Å². The molecule has 0 bridgehead atoms. The molecule has 142 valence electrons. The zero-order chi connectivity index (χ0) is 19.1. The van der Waals surface area contributed by atoms with Crippen molar-refractivity contribution < 1.29 is 54.1 Å². The van der Waals surface area contributed by atoms with Gasteiger partial charge in [0, 0.05) is 18.9 Å². The van der Waals surface area contributed by atoms with Crippen molar-refractivity contribution in [1.82, 2.24) is 5.32 Å². The Morgan fingerprint density at radius 2 is 1.73 bits per heavy atom. The van der Waals surface area contributed by atoms with Crippen molar-refractivity contribution in [3.8, 4) is 11.5 Å². The number of aromatic hydroxyl groups is 1. The first-order valence-electron chi connectivity index (χ1n) is 8.70. The van der Waals surface area contributed by atoms with Gasteiger partial charge in [0.1, 0.15) is 0 Å². The average molecular weight is 375 g/mol. The second kappa shape index (κ2) is 17.2. The number of amides is 1. The zero-order valence-electron chi connectivity index (χ0n) is 16.5. The standard InChI is InChI=1S/C17H27NO3.C2H4O2.Na/c1-3-4-5-6-7-8-9-17(20)18-13-14-10-11-15(19)16(12-14)21-2;1-2(3)4;/h10-12,19H,3-9,13H2,1-2H3,(H,18,20);1H3,(H,3,4);/q;;+1/p-1. The monoisotopic (exact) mass is 375 g/mol. The van der Waals surface area contributed by atoms with Crippen LogP contribution < -0.4 is 44.7 Å². The number of benzene rings is 1. The van der Waals surface area contributed by atoms with E-state index in [1.165, 1.54) is 32.8 Å². The first kappa shape index (κ1) is 27.0. The number of carboxylic acids is 1. The van der Waals surface area contributed by atoms with E-state index in [0.29, 0.717) is 18.7 Å². The molecule has 6 nitrogen and oxygen atoms in total. The molecule has 0 fully saturated rings. The molecule has 0 aliphatic heterocycles. The summed E-state index contributed by atoms with van der Waals surface area (Å²) in [7, 11) is 1.51. The zero-order valence-corrected chi connectivity index (χ0v) is 18.5.